The minimum atomic E-state index is -0.282. The van der Waals surface area contributed by atoms with Crippen molar-refractivity contribution in [1.82, 2.24) is 10.3 Å². The molecule has 0 aliphatic heterocycles. The summed E-state index contributed by atoms with van der Waals surface area (Å²) < 4.78 is 3.72. The lowest BCUT2D eigenvalue weighted by Crippen LogP contribution is -2.34. The Hall–Kier alpha value is -2.17. The van der Waals surface area contributed by atoms with E-state index in [9.17, 15) is 4.79 Å². The van der Waals surface area contributed by atoms with Gasteiger partial charge in [-0.05, 0) is 75.3 Å². The summed E-state index contributed by atoms with van der Waals surface area (Å²) in [5, 5.41) is 8.87. The van der Waals surface area contributed by atoms with Gasteiger partial charge in [-0.25, -0.2) is 4.98 Å². The second-order valence-electron chi connectivity index (χ2n) is 7.35. The van der Waals surface area contributed by atoms with E-state index in [4.69, 9.17) is 17.2 Å². The number of hydrogen-bond acceptors (Lipinski definition) is 4. The third kappa shape index (κ3) is 4.67. The number of thiocarbonyl (C=S) groups is 1. The van der Waals surface area contributed by atoms with Crippen molar-refractivity contribution < 1.29 is 4.79 Å². The molecule has 4 aromatic carbocycles. The topological polar surface area (TPSA) is 54.0 Å². The van der Waals surface area contributed by atoms with Crippen LogP contribution in [0.4, 0.5) is 5.69 Å². The highest BCUT2D eigenvalue weighted by atomic mass is 79.9. The summed E-state index contributed by atoms with van der Waals surface area (Å²) in [6, 6.07) is 23.3. The van der Waals surface area contributed by atoms with Crippen molar-refractivity contribution in [1.29, 1.82) is 0 Å². The van der Waals surface area contributed by atoms with Gasteiger partial charge >= 0.3 is 0 Å². The molecule has 0 fully saturated rings. The van der Waals surface area contributed by atoms with Crippen molar-refractivity contribution in [2.75, 3.05) is 5.32 Å². The first-order valence-corrected chi connectivity index (χ1v) is 13.7. The van der Waals surface area contributed by atoms with E-state index in [1.54, 1.807) is 17.4 Å². The van der Waals surface area contributed by atoms with Crippen molar-refractivity contribution in [2.24, 2.45) is 0 Å². The monoisotopic (exact) mass is 673 g/mol. The Morgan fingerprint density at radius 2 is 1.65 bits per heavy atom. The summed E-state index contributed by atoms with van der Waals surface area (Å²) in [7, 11) is 0. The van der Waals surface area contributed by atoms with Crippen molar-refractivity contribution >= 4 is 109 Å². The second kappa shape index (κ2) is 9.83. The summed E-state index contributed by atoms with van der Waals surface area (Å²) >= 11 is 17.9. The minimum Gasteiger partial charge on any atom is -0.331 e. The van der Waals surface area contributed by atoms with Gasteiger partial charge < -0.3 is 5.32 Å². The molecule has 1 heterocycles. The Morgan fingerprint density at radius 3 is 2.47 bits per heavy atom. The second-order valence-corrected chi connectivity index (χ2v) is 11.4. The van der Waals surface area contributed by atoms with Gasteiger partial charge in [0.05, 0.1) is 15.9 Å². The number of nitrogens with zero attached hydrogens (tertiary/aromatic N) is 1. The average Bonchev–Trinajstić information content (AvgIpc) is 3.25. The zero-order valence-electron chi connectivity index (χ0n) is 17.2. The number of carbonyl (C=O) groups is 1. The summed E-state index contributed by atoms with van der Waals surface area (Å²) in [5.74, 6) is -0.282. The quantitative estimate of drug-likeness (QED) is 0.188. The minimum absolute atomic E-state index is 0.197. The number of anilines is 1. The van der Waals surface area contributed by atoms with Gasteiger partial charge in [-0.1, -0.05) is 68.3 Å². The van der Waals surface area contributed by atoms with Crippen LogP contribution >= 0.6 is 71.3 Å². The number of hydrogen-bond donors (Lipinski definition) is 2. The fourth-order valence-corrected chi connectivity index (χ4v) is 6.65. The molecule has 5 aromatic rings. The van der Waals surface area contributed by atoms with Gasteiger partial charge in [-0.2, -0.15) is 0 Å². The molecule has 0 aliphatic rings. The lowest BCUT2D eigenvalue weighted by molar-refractivity contribution is 0.0979. The molecule has 0 bridgehead atoms. The molecule has 5 rings (SSSR count). The van der Waals surface area contributed by atoms with Crippen LogP contribution in [0.25, 0.3) is 31.6 Å². The Labute approximate surface area is 230 Å². The number of halogens is 3. The zero-order valence-corrected chi connectivity index (χ0v) is 23.6. The first-order chi connectivity index (χ1) is 16.4. The SMILES string of the molecule is O=C(NC(=S)Nc1c(Br)cc(Br)cc1-c1nc2ccccc2s1)c1cccc2c(Br)cccc12. The lowest BCUT2D eigenvalue weighted by Gasteiger charge is -2.15. The van der Waals surface area contributed by atoms with Gasteiger partial charge in [0, 0.05) is 24.5 Å². The number of aromatic nitrogens is 1. The van der Waals surface area contributed by atoms with E-state index < -0.39 is 0 Å². The normalized spacial score (nSPS) is 11.0. The first-order valence-electron chi connectivity index (χ1n) is 10.1. The maximum Gasteiger partial charge on any atom is 0.258 e. The number of rotatable bonds is 3. The number of fused-ring (bicyclic) bond motifs is 2. The number of nitrogens with one attached hydrogen (secondary N) is 2. The Kier molecular flexibility index (Phi) is 6.81. The molecule has 0 aliphatic carbocycles. The standard InChI is InChI=1S/C25H14Br3N3OS2/c26-13-11-17(24-29-20-9-1-2-10-21(20)34-24)22(19(28)12-13)30-25(33)31-23(32)16-7-3-6-15-14(16)5-4-8-18(15)27/h1-12H,(H2,30,31,32,33). The largest absolute Gasteiger partial charge is 0.331 e. The van der Waals surface area contributed by atoms with Crippen LogP contribution in [0.2, 0.25) is 0 Å². The van der Waals surface area contributed by atoms with E-state index in [-0.39, 0.29) is 11.0 Å². The molecule has 0 atom stereocenters. The molecule has 34 heavy (non-hydrogen) atoms. The molecule has 4 nitrogen and oxygen atoms in total. The number of carbonyl (C=O) groups excluding carboxylic acids is 1. The highest BCUT2D eigenvalue weighted by Gasteiger charge is 2.18. The predicted molar refractivity (Wildman–Crippen MR) is 156 cm³/mol. The highest BCUT2D eigenvalue weighted by Crippen LogP contribution is 2.40. The van der Waals surface area contributed by atoms with Crippen LogP contribution in [0.15, 0.2) is 86.2 Å². The van der Waals surface area contributed by atoms with Gasteiger partial charge in [0.15, 0.2) is 5.11 Å². The molecule has 0 unspecified atom stereocenters. The highest BCUT2D eigenvalue weighted by molar-refractivity contribution is 9.11. The fourth-order valence-electron chi connectivity index (χ4n) is 3.64. The molecule has 168 valence electrons. The van der Waals surface area contributed by atoms with E-state index in [2.05, 4.69) is 58.4 Å². The number of amides is 1. The van der Waals surface area contributed by atoms with Gasteiger partial charge in [0.25, 0.3) is 5.91 Å². The van der Waals surface area contributed by atoms with E-state index in [1.807, 2.05) is 66.7 Å². The van der Waals surface area contributed by atoms with E-state index in [0.717, 1.165) is 50.7 Å². The van der Waals surface area contributed by atoms with Gasteiger partial charge in [0.2, 0.25) is 0 Å². The first kappa shape index (κ1) is 23.6. The van der Waals surface area contributed by atoms with Crippen LogP contribution in [0, 0.1) is 0 Å². The summed E-state index contributed by atoms with van der Waals surface area (Å²) in [4.78, 5) is 17.9. The van der Waals surface area contributed by atoms with Crippen LogP contribution < -0.4 is 10.6 Å². The molecule has 1 aromatic heterocycles. The van der Waals surface area contributed by atoms with Crippen molar-refractivity contribution in [3.8, 4) is 10.6 Å². The molecule has 0 radical (unpaired) electrons. The molecular formula is C25H14Br3N3OS2. The molecule has 0 spiro atoms. The molecule has 9 heteroatoms. The molecule has 1 amide bonds. The third-order valence-electron chi connectivity index (χ3n) is 5.16. The number of para-hydroxylation sites is 1. The van der Waals surface area contributed by atoms with Gasteiger partial charge in [-0.15, -0.1) is 11.3 Å². The smallest absolute Gasteiger partial charge is 0.258 e. The summed E-state index contributed by atoms with van der Waals surface area (Å²) in [6.07, 6.45) is 0. The van der Waals surface area contributed by atoms with Gasteiger partial charge in [0.1, 0.15) is 5.01 Å². The maximum atomic E-state index is 13.1. The third-order valence-corrected chi connectivity index (χ3v) is 8.21. The Morgan fingerprint density at radius 1 is 0.882 bits per heavy atom. The summed E-state index contributed by atoms with van der Waals surface area (Å²) in [5.41, 5.74) is 3.08. The Bertz CT molecular complexity index is 1570. The van der Waals surface area contributed by atoms with Crippen LogP contribution in [0.5, 0.6) is 0 Å². The number of thiazole rings is 1. The molecular weight excluding hydrogens is 662 g/mol. The fraction of sp³-hybridized carbons (Fsp3) is 0. The van der Waals surface area contributed by atoms with Crippen molar-refractivity contribution in [2.45, 2.75) is 0 Å². The zero-order chi connectivity index (χ0) is 23.8. The molecule has 0 saturated carbocycles. The molecule has 0 saturated heterocycles. The average molecular weight is 676 g/mol. The van der Waals surface area contributed by atoms with Crippen molar-refractivity contribution in [3.63, 3.8) is 0 Å². The van der Waals surface area contributed by atoms with Crippen LogP contribution in [-0.2, 0) is 0 Å². The lowest BCUT2D eigenvalue weighted by atomic mass is 10.0. The predicted octanol–water partition coefficient (Wildman–Crippen LogP) is 8.53. The van der Waals surface area contributed by atoms with E-state index in [1.165, 1.54) is 0 Å². The van der Waals surface area contributed by atoms with Crippen molar-refractivity contribution in [3.05, 3.63) is 91.8 Å². The van der Waals surface area contributed by atoms with Crippen LogP contribution in [-0.4, -0.2) is 16.0 Å². The Balaban J connectivity index is 1.45. The maximum absolute atomic E-state index is 13.1. The summed E-state index contributed by atoms with van der Waals surface area (Å²) in [6.45, 7) is 0. The van der Waals surface area contributed by atoms with Crippen LogP contribution in [0.1, 0.15) is 10.4 Å². The van der Waals surface area contributed by atoms with E-state index in [0.29, 0.717) is 5.56 Å². The molecule has 2 N–H and O–H groups in total. The van der Waals surface area contributed by atoms with E-state index >= 15 is 0 Å². The van der Waals surface area contributed by atoms with Crippen LogP contribution in [0.3, 0.4) is 0 Å². The number of benzene rings is 4. The van der Waals surface area contributed by atoms with Gasteiger partial charge in [-0.3, -0.25) is 10.1 Å².